The number of aliphatic carboxylic acids is 1. The first-order valence-corrected chi connectivity index (χ1v) is 5.68. The van der Waals surface area contributed by atoms with Crippen LogP contribution in [0.2, 0.25) is 0 Å². The van der Waals surface area contributed by atoms with Crippen LogP contribution in [0.15, 0.2) is 29.4 Å². The summed E-state index contributed by atoms with van der Waals surface area (Å²) in [4.78, 5) is 21.6. The number of para-hydroxylation sites is 1. The van der Waals surface area contributed by atoms with E-state index in [4.69, 9.17) is 15.1 Å². The van der Waals surface area contributed by atoms with Gasteiger partial charge in [-0.3, -0.25) is 4.79 Å². The van der Waals surface area contributed by atoms with Crippen LogP contribution in [0, 0.1) is 11.3 Å². The van der Waals surface area contributed by atoms with E-state index < -0.39 is 18.5 Å². The predicted octanol–water partition coefficient (Wildman–Crippen LogP) is 0.904. The molecule has 0 bridgehead atoms. The Morgan fingerprint density at radius 1 is 1.45 bits per heavy atom. The van der Waals surface area contributed by atoms with Crippen LogP contribution in [0.1, 0.15) is 18.9 Å². The van der Waals surface area contributed by atoms with Gasteiger partial charge in [0.05, 0.1) is 11.8 Å². The quantitative estimate of drug-likeness (QED) is 0.591. The number of nitriles is 1. The third-order valence-corrected chi connectivity index (χ3v) is 2.22. The molecule has 0 spiro atoms. The lowest BCUT2D eigenvalue weighted by Crippen LogP contribution is -2.18. The molecule has 0 atom stereocenters. The number of carbonyl (C=O) groups is 2. The molecule has 1 amide bonds. The fraction of sp³-hybridized carbons (Fsp3) is 0.231. The number of ether oxygens (including phenoxy) is 1. The molecular weight excluding hydrogens is 262 g/mol. The molecule has 1 aromatic carbocycles. The summed E-state index contributed by atoms with van der Waals surface area (Å²) in [7, 11) is 0. The van der Waals surface area contributed by atoms with Gasteiger partial charge >= 0.3 is 5.97 Å². The van der Waals surface area contributed by atoms with Crippen molar-refractivity contribution in [2.24, 2.45) is 5.10 Å². The highest BCUT2D eigenvalue weighted by atomic mass is 16.5. The van der Waals surface area contributed by atoms with Crippen molar-refractivity contribution in [3.8, 4) is 11.8 Å². The highest BCUT2D eigenvalue weighted by Crippen LogP contribution is 2.18. The lowest BCUT2D eigenvalue weighted by molar-refractivity contribution is -0.139. The minimum absolute atomic E-state index is 0.284. The van der Waals surface area contributed by atoms with E-state index in [0.717, 1.165) is 0 Å². The normalized spacial score (nSPS) is 10.5. The van der Waals surface area contributed by atoms with Crippen molar-refractivity contribution < 1.29 is 19.4 Å². The highest BCUT2D eigenvalue weighted by Gasteiger charge is 2.08. The smallest absolute Gasteiger partial charge is 0.341 e. The Labute approximate surface area is 115 Å². The molecule has 0 heterocycles. The third kappa shape index (κ3) is 4.78. The second-order valence-corrected chi connectivity index (χ2v) is 3.75. The molecule has 7 heteroatoms. The fourth-order valence-electron chi connectivity index (χ4n) is 1.35. The predicted molar refractivity (Wildman–Crippen MR) is 70.2 cm³/mol. The van der Waals surface area contributed by atoms with E-state index in [9.17, 15) is 9.59 Å². The summed E-state index contributed by atoms with van der Waals surface area (Å²) < 4.78 is 5.13. The van der Waals surface area contributed by atoms with Gasteiger partial charge in [-0.15, -0.1) is 0 Å². The average Bonchev–Trinajstić information content (AvgIpc) is 2.43. The van der Waals surface area contributed by atoms with Crippen molar-refractivity contribution in [3.05, 3.63) is 29.8 Å². The van der Waals surface area contributed by atoms with Crippen molar-refractivity contribution in [1.82, 2.24) is 5.43 Å². The fourth-order valence-corrected chi connectivity index (χ4v) is 1.35. The van der Waals surface area contributed by atoms with Crippen LogP contribution >= 0.6 is 0 Å². The van der Waals surface area contributed by atoms with Gasteiger partial charge in [-0.2, -0.15) is 10.4 Å². The molecule has 0 fully saturated rings. The van der Waals surface area contributed by atoms with Gasteiger partial charge in [0.2, 0.25) is 0 Å². The van der Waals surface area contributed by atoms with E-state index in [2.05, 4.69) is 10.5 Å². The van der Waals surface area contributed by atoms with Gasteiger partial charge in [-0.05, 0) is 19.1 Å². The topological polar surface area (TPSA) is 112 Å². The SMILES string of the molecule is C/C(=N\NC(=O)CC#N)c1ccccc1OCC(=O)O. The van der Waals surface area contributed by atoms with Crippen molar-refractivity contribution >= 4 is 17.6 Å². The maximum Gasteiger partial charge on any atom is 0.341 e. The molecule has 0 aromatic heterocycles. The van der Waals surface area contributed by atoms with E-state index >= 15 is 0 Å². The van der Waals surface area contributed by atoms with Crippen LogP contribution in [0.25, 0.3) is 0 Å². The number of nitrogens with one attached hydrogen (secondary N) is 1. The zero-order valence-electron chi connectivity index (χ0n) is 10.8. The Morgan fingerprint density at radius 2 is 2.15 bits per heavy atom. The van der Waals surface area contributed by atoms with Crippen LogP contribution in [-0.4, -0.2) is 29.3 Å². The van der Waals surface area contributed by atoms with Crippen molar-refractivity contribution in [1.29, 1.82) is 5.26 Å². The summed E-state index contributed by atoms with van der Waals surface area (Å²) in [6.07, 6.45) is -0.284. The Hall–Kier alpha value is -2.88. The van der Waals surface area contributed by atoms with Crippen LogP contribution in [0.5, 0.6) is 5.75 Å². The second kappa shape index (κ2) is 7.53. The Balaban J connectivity index is 2.84. The van der Waals surface area contributed by atoms with Gasteiger partial charge in [0.1, 0.15) is 12.2 Å². The van der Waals surface area contributed by atoms with Crippen molar-refractivity contribution in [3.63, 3.8) is 0 Å². The highest BCUT2D eigenvalue weighted by molar-refractivity contribution is 6.01. The Morgan fingerprint density at radius 3 is 2.80 bits per heavy atom. The number of hydrazone groups is 1. The number of rotatable bonds is 6. The molecule has 0 radical (unpaired) electrons. The molecule has 0 aliphatic rings. The van der Waals surface area contributed by atoms with Crippen molar-refractivity contribution in [2.45, 2.75) is 13.3 Å². The lowest BCUT2D eigenvalue weighted by atomic mass is 10.1. The van der Waals surface area contributed by atoms with Crippen LogP contribution in [0.4, 0.5) is 0 Å². The van der Waals surface area contributed by atoms with E-state index in [1.165, 1.54) is 0 Å². The Bertz CT molecular complexity index is 575. The van der Waals surface area contributed by atoms with Gasteiger partial charge in [0.15, 0.2) is 6.61 Å². The zero-order valence-corrected chi connectivity index (χ0v) is 10.8. The van der Waals surface area contributed by atoms with Gasteiger partial charge < -0.3 is 9.84 Å². The first kappa shape index (κ1) is 15.2. The van der Waals surface area contributed by atoms with Gasteiger partial charge in [-0.1, -0.05) is 12.1 Å². The summed E-state index contributed by atoms with van der Waals surface area (Å²) in [6, 6.07) is 8.43. The van der Waals surface area contributed by atoms with E-state index in [-0.39, 0.29) is 6.42 Å². The molecule has 0 saturated heterocycles. The molecule has 0 aliphatic carbocycles. The van der Waals surface area contributed by atoms with Crippen LogP contribution in [-0.2, 0) is 9.59 Å². The molecule has 7 nitrogen and oxygen atoms in total. The minimum atomic E-state index is -1.09. The first-order chi connectivity index (χ1) is 9.54. The summed E-state index contributed by atoms with van der Waals surface area (Å²) >= 11 is 0. The van der Waals surface area contributed by atoms with Crippen LogP contribution in [0.3, 0.4) is 0 Å². The van der Waals surface area contributed by atoms with Gasteiger partial charge in [0.25, 0.3) is 5.91 Å². The summed E-state index contributed by atoms with van der Waals surface area (Å²) in [5, 5.41) is 20.8. The molecule has 0 unspecified atom stereocenters. The molecule has 2 N–H and O–H groups in total. The third-order valence-electron chi connectivity index (χ3n) is 2.22. The van der Waals surface area contributed by atoms with E-state index in [0.29, 0.717) is 17.0 Å². The molecule has 20 heavy (non-hydrogen) atoms. The zero-order chi connectivity index (χ0) is 15.0. The number of amides is 1. The number of carboxylic acids is 1. The van der Waals surface area contributed by atoms with Crippen LogP contribution < -0.4 is 10.2 Å². The summed E-state index contributed by atoms with van der Waals surface area (Å²) in [5.74, 6) is -1.25. The average molecular weight is 275 g/mol. The molecule has 104 valence electrons. The molecule has 1 aromatic rings. The lowest BCUT2D eigenvalue weighted by Gasteiger charge is -2.09. The summed E-state index contributed by atoms with van der Waals surface area (Å²) in [6.45, 7) is 1.17. The maximum absolute atomic E-state index is 11.1. The number of hydrogen-bond acceptors (Lipinski definition) is 5. The van der Waals surface area contributed by atoms with Gasteiger partial charge in [-0.25, -0.2) is 10.2 Å². The maximum atomic E-state index is 11.1. The molecule has 0 saturated carbocycles. The number of nitrogens with zero attached hydrogens (tertiary/aromatic N) is 2. The minimum Gasteiger partial charge on any atom is -0.481 e. The molecule has 0 aliphatic heterocycles. The largest absolute Gasteiger partial charge is 0.481 e. The number of carboxylic acid groups (broad SMARTS) is 1. The number of carbonyl (C=O) groups excluding carboxylic acids is 1. The summed E-state index contributed by atoms with van der Waals surface area (Å²) in [5.41, 5.74) is 3.23. The number of hydrogen-bond donors (Lipinski definition) is 2. The van der Waals surface area contributed by atoms with Crippen molar-refractivity contribution in [2.75, 3.05) is 6.61 Å². The van der Waals surface area contributed by atoms with Gasteiger partial charge in [0, 0.05) is 5.56 Å². The number of benzene rings is 1. The van der Waals surface area contributed by atoms with E-state index in [1.807, 2.05) is 0 Å². The molecule has 1 rings (SSSR count). The molecular formula is C13H13N3O4. The Kier molecular flexibility index (Phi) is 5.72. The first-order valence-electron chi connectivity index (χ1n) is 5.68. The van der Waals surface area contributed by atoms with E-state index in [1.54, 1.807) is 37.3 Å². The monoisotopic (exact) mass is 275 g/mol. The second-order valence-electron chi connectivity index (χ2n) is 3.75. The standard InChI is InChI=1S/C13H13N3O4/c1-9(15-16-12(17)6-7-14)10-4-2-3-5-11(10)20-8-13(18)19/h2-5H,6,8H2,1H3,(H,16,17)(H,18,19)/b15-9+.